The van der Waals surface area contributed by atoms with Gasteiger partial charge in [0.25, 0.3) is 0 Å². The van der Waals surface area contributed by atoms with Gasteiger partial charge in [-0.05, 0) is 63.5 Å². The van der Waals surface area contributed by atoms with Crippen molar-refractivity contribution in [3.8, 4) is 0 Å². The molecule has 1 heterocycles. The van der Waals surface area contributed by atoms with Gasteiger partial charge < -0.3 is 10.6 Å². The number of hydrogen-bond acceptors (Lipinski definition) is 2. The lowest BCUT2D eigenvalue weighted by Gasteiger charge is -2.34. The first-order valence-corrected chi connectivity index (χ1v) is 8.11. The Morgan fingerprint density at radius 3 is 2.45 bits per heavy atom. The topological polar surface area (TPSA) is 41.1 Å². The van der Waals surface area contributed by atoms with Gasteiger partial charge >= 0.3 is 0 Å². The molecular formula is C17H34N2O. The molecule has 1 aliphatic heterocycles. The van der Waals surface area contributed by atoms with Gasteiger partial charge in [0.1, 0.15) is 0 Å². The molecule has 0 saturated carbocycles. The monoisotopic (exact) mass is 282 g/mol. The van der Waals surface area contributed by atoms with E-state index in [4.69, 9.17) is 0 Å². The maximum absolute atomic E-state index is 12.3. The van der Waals surface area contributed by atoms with Crippen LogP contribution in [0.15, 0.2) is 0 Å². The Hall–Kier alpha value is -0.570. The normalized spacial score (nSPS) is 22.4. The Morgan fingerprint density at radius 2 is 1.95 bits per heavy atom. The second kappa shape index (κ2) is 6.93. The van der Waals surface area contributed by atoms with E-state index in [9.17, 15) is 4.79 Å². The molecule has 1 rings (SSSR count). The minimum absolute atomic E-state index is 0.125. The van der Waals surface area contributed by atoms with Crippen LogP contribution in [0.1, 0.15) is 67.2 Å². The lowest BCUT2D eigenvalue weighted by molar-refractivity contribution is -0.124. The molecule has 20 heavy (non-hydrogen) atoms. The summed E-state index contributed by atoms with van der Waals surface area (Å²) in [6, 6.07) is 0. The molecule has 0 radical (unpaired) electrons. The highest BCUT2D eigenvalue weighted by molar-refractivity contribution is 5.76. The van der Waals surface area contributed by atoms with Crippen LogP contribution in [-0.4, -0.2) is 24.5 Å². The lowest BCUT2D eigenvalue weighted by Crippen LogP contribution is -2.46. The fraction of sp³-hybridized carbons (Fsp3) is 0.941. The van der Waals surface area contributed by atoms with Crippen molar-refractivity contribution in [2.24, 2.45) is 17.3 Å². The van der Waals surface area contributed by atoms with Crippen LogP contribution in [0.3, 0.4) is 0 Å². The van der Waals surface area contributed by atoms with Crippen LogP contribution < -0.4 is 10.6 Å². The molecule has 0 aromatic heterocycles. The first-order chi connectivity index (χ1) is 9.09. The van der Waals surface area contributed by atoms with Gasteiger partial charge in [0, 0.05) is 12.0 Å². The van der Waals surface area contributed by atoms with Crippen LogP contribution in [0.25, 0.3) is 0 Å². The van der Waals surface area contributed by atoms with Gasteiger partial charge in [-0.15, -0.1) is 0 Å². The van der Waals surface area contributed by atoms with E-state index in [2.05, 4.69) is 52.2 Å². The van der Waals surface area contributed by atoms with Crippen LogP contribution in [0.5, 0.6) is 0 Å². The van der Waals surface area contributed by atoms with Gasteiger partial charge in [0.05, 0.1) is 0 Å². The number of nitrogens with one attached hydrogen (secondary N) is 2. The second-order valence-corrected chi connectivity index (χ2v) is 8.46. The standard InChI is InChI=1S/C17H34N2O/c1-13(14-8-7-9-18-11-14)10-15(20)19-17(5,6)12-16(2,3)4/h13-14,18H,7-12H2,1-6H3,(H,19,20). The first-order valence-electron chi connectivity index (χ1n) is 8.11. The summed E-state index contributed by atoms with van der Waals surface area (Å²) in [4.78, 5) is 12.3. The van der Waals surface area contributed by atoms with Crippen LogP contribution in [0.4, 0.5) is 0 Å². The van der Waals surface area contributed by atoms with E-state index in [1.165, 1.54) is 12.8 Å². The van der Waals surface area contributed by atoms with E-state index in [0.717, 1.165) is 19.5 Å². The van der Waals surface area contributed by atoms with Crippen molar-refractivity contribution >= 4 is 5.91 Å². The first kappa shape index (κ1) is 17.5. The van der Waals surface area contributed by atoms with E-state index >= 15 is 0 Å². The molecule has 1 aliphatic rings. The molecule has 1 saturated heterocycles. The van der Waals surface area contributed by atoms with Gasteiger partial charge in [0.15, 0.2) is 0 Å². The Balaban J connectivity index is 2.42. The average molecular weight is 282 g/mol. The Kier molecular flexibility index (Phi) is 6.06. The summed E-state index contributed by atoms with van der Waals surface area (Å²) in [6.07, 6.45) is 4.14. The molecule has 0 spiro atoms. The number of piperidine rings is 1. The zero-order valence-electron chi connectivity index (χ0n) is 14.3. The van der Waals surface area contributed by atoms with Gasteiger partial charge in [0.2, 0.25) is 5.91 Å². The van der Waals surface area contributed by atoms with Crippen LogP contribution >= 0.6 is 0 Å². The van der Waals surface area contributed by atoms with E-state index < -0.39 is 0 Å². The van der Waals surface area contributed by atoms with E-state index in [1.54, 1.807) is 0 Å². The molecule has 0 aromatic carbocycles. The van der Waals surface area contributed by atoms with Crippen LogP contribution in [0, 0.1) is 17.3 Å². The molecule has 1 amide bonds. The molecule has 3 heteroatoms. The summed E-state index contributed by atoms with van der Waals surface area (Å²) in [5.74, 6) is 1.32. The molecule has 2 unspecified atom stereocenters. The number of hydrogen-bond donors (Lipinski definition) is 2. The van der Waals surface area contributed by atoms with E-state index in [-0.39, 0.29) is 16.9 Å². The van der Waals surface area contributed by atoms with Crippen molar-refractivity contribution < 1.29 is 4.79 Å². The molecule has 0 bridgehead atoms. The van der Waals surface area contributed by atoms with E-state index in [1.807, 2.05) is 0 Å². The van der Waals surface area contributed by atoms with Crippen molar-refractivity contribution in [1.82, 2.24) is 10.6 Å². The number of carbonyl (C=O) groups is 1. The minimum Gasteiger partial charge on any atom is -0.351 e. The number of rotatable bonds is 5. The average Bonchev–Trinajstić information content (AvgIpc) is 2.25. The van der Waals surface area contributed by atoms with Crippen molar-refractivity contribution in [2.75, 3.05) is 13.1 Å². The van der Waals surface area contributed by atoms with Gasteiger partial charge in [-0.3, -0.25) is 4.79 Å². The molecule has 118 valence electrons. The third kappa shape index (κ3) is 6.74. The quantitative estimate of drug-likeness (QED) is 0.812. The molecule has 2 N–H and O–H groups in total. The largest absolute Gasteiger partial charge is 0.351 e. The van der Waals surface area contributed by atoms with Gasteiger partial charge in [-0.25, -0.2) is 0 Å². The number of amides is 1. The molecular weight excluding hydrogens is 248 g/mol. The molecule has 2 atom stereocenters. The summed E-state index contributed by atoms with van der Waals surface area (Å²) in [5, 5.41) is 6.66. The Morgan fingerprint density at radius 1 is 1.30 bits per heavy atom. The third-order valence-corrected chi connectivity index (χ3v) is 4.10. The highest BCUT2D eigenvalue weighted by Crippen LogP contribution is 2.27. The molecule has 0 aliphatic carbocycles. The fourth-order valence-electron chi connectivity index (χ4n) is 3.62. The summed E-state index contributed by atoms with van der Waals surface area (Å²) >= 11 is 0. The zero-order valence-corrected chi connectivity index (χ0v) is 14.3. The summed E-state index contributed by atoms with van der Waals surface area (Å²) in [6.45, 7) is 15.3. The molecule has 3 nitrogen and oxygen atoms in total. The van der Waals surface area contributed by atoms with Gasteiger partial charge in [-0.2, -0.15) is 0 Å². The minimum atomic E-state index is -0.125. The highest BCUT2D eigenvalue weighted by atomic mass is 16.1. The lowest BCUT2D eigenvalue weighted by atomic mass is 9.81. The van der Waals surface area contributed by atoms with Crippen molar-refractivity contribution in [1.29, 1.82) is 0 Å². The highest BCUT2D eigenvalue weighted by Gasteiger charge is 2.28. The summed E-state index contributed by atoms with van der Waals surface area (Å²) in [5.41, 5.74) is 0.107. The predicted octanol–water partition coefficient (Wildman–Crippen LogP) is 3.34. The maximum Gasteiger partial charge on any atom is 0.220 e. The maximum atomic E-state index is 12.3. The van der Waals surface area contributed by atoms with Crippen LogP contribution in [0.2, 0.25) is 0 Å². The third-order valence-electron chi connectivity index (χ3n) is 4.10. The van der Waals surface area contributed by atoms with E-state index in [0.29, 0.717) is 18.3 Å². The van der Waals surface area contributed by atoms with Crippen LogP contribution in [-0.2, 0) is 4.79 Å². The summed E-state index contributed by atoms with van der Waals surface area (Å²) in [7, 11) is 0. The van der Waals surface area contributed by atoms with Crippen molar-refractivity contribution in [2.45, 2.75) is 72.8 Å². The second-order valence-electron chi connectivity index (χ2n) is 8.46. The zero-order chi connectivity index (χ0) is 15.4. The smallest absolute Gasteiger partial charge is 0.220 e. The Bertz CT molecular complexity index is 311. The van der Waals surface area contributed by atoms with Gasteiger partial charge in [-0.1, -0.05) is 27.7 Å². The molecule has 1 fully saturated rings. The molecule has 0 aromatic rings. The Labute approximate surface area is 125 Å². The fourth-order valence-corrected chi connectivity index (χ4v) is 3.62. The van der Waals surface area contributed by atoms with Crippen molar-refractivity contribution in [3.05, 3.63) is 0 Å². The SMILES string of the molecule is CC(CC(=O)NC(C)(C)CC(C)(C)C)C1CCCNC1. The summed E-state index contributed by atoms with van der Waals surface area (Å²) < 4.78 is 0. The number of carbonyl (C=O) groups excluding carboxylic acids is 1. The predicted molar refractivity (Wildman–Crippen MR) is 85.7 cm³/mol. The van der Waals surface area contributed by atoms with Crippen molar-refractivity contribution in [3.63, 3.8) is 0 Å².